The van der Waals surface area contributed by atoms with Crippen molar-refractivity contribution >= 4 is 22.6 Å². The number of ether oxygens (including phenoxy) is 1. The van der Waals surface area contributed by atoms with Gasteiger partial charge in [-0.1, -0.05) is 0 Å². The van der Waals surface area contributed by atoms with Crippen molar-refractivity contribution in [3.05, 3.63) is 27.6 Å². The zero-order valence-electron chi connectivity index (χ0n) is 8.32. The van der Waals surface area contributed by atoms with Gasteiger partial charge in [0.25, 0.3) is 0 Å². The lowest BCUT2D eigenvalue weighted by atomic mass is 10.0. The van der Waals surface area contributed by atoms with Gasteiger partial charge in [-0.15, -0.1) is 0 Å². The van der Waals surface area contributed by atoms with Gasteiger partial charge < -0.3 is 20.1 Å². The highest BCUT2D eigenvalue weighted by molar-refractivity contribution is 14.1. The summed E-state index contributed by atoms with van der Waals surface area (Å²) in [7, 11) is 0. The van der Waals surface area contributed by atoms with Gasteiger partial charge >= 0.3 is 0 Å². The van der Waals surface area contributed by atoms with Crippen LogP contribution in [-0.2, 0) is 4.74 Å². The number of halogens is 1. The Balaban J connectivity index is 2.23. The highest BCUT2D eigenvalue weighted by atomic mass is 127. The van der Waals surface area contributed by atoms with E-state index in [0.29, 0.717) is 5.56 Å². The maximum atomic E-state index is 9.79. The van der Waals surface area contributed by atoms with Crippen molar-refractivity contribution in [2.24, 2.45) is 0 Å². The van der Waals surface area contributed by atoms with Crippen LogP contribution in [0.1, 0.15) is 11.7 Å². The van der Waals surface area contributed by atoms with Gasteiger partial charge in [-0.25, -0.2) is 0 Å². The lowest BCUT2D eigenvalue weighted by molar-refractivity contribution is -0.0228. The van der Waals surface area contributed by atoms with Crippen molar-refractivity contribution in [2.75, 3.05) is 6.61 Å². The van der Waals surface area contributed by atoms with Gasteiger partial charge in [0.05, 0.1) is 6.61 Å². The molecule has 1 saturated heterocycles. The zero-order valence-corrected chi connectivity index (χ0v) is 10.5. The monoisotopic (exact) mass is 337 g/mol. The van der Waals surface area contributed by atoms with E-state index in [1.54, 1.807) is 12.4 Å². The van der Waals surface area contributed by atoms with Crippen molar-refractivity contribution in [3.63, 3.8) is 0 Å². The van der Waals surface area contributed by atoms with E-state index >= 15 is 0 Å². The van der Waals surface area contributed by atoms with Gasteiger partial charge in [0.15, 0.2) is 0 Å². The van der Waals surface area contributed by atoms with E-state index in [2.05, 4.69) is 27.6 Å². The Morgan fingerprint density at radius 1 is 1.31 bits per heavy atom. The van der Waals surface area contributed by atoms with Crippen LogP contribution in [0.25, 0.3) is 0 Å². The number of rotatable bonds is 2. The number of aliphatic hydroxyl groups is 3. The number of aliphatic hydroxyl groups excluding tert-OH is 3. The molecular weight excluding hydrogens is 325 g/mol. The van der Waals surface area contributed by atoms with Crippen LogP contribution in [0.15, 0.2) is 18.5 Å². The number of hydrogen-bond acceptors (Lipinski definition) is 5. The first-order valence-electron chi connectivity index (χ1n) is 4.86. The van der Waals surface area contributed by atoms with E-state index in [0.717, 1.165) is 3.57 Å². The molecule has 1 aliphatic heterocycles. The van der Waals surface area contributed by atoms with Crippen LogP contribution in [0.4, 0.5) is 0 Å². The third-order valence-electron chi connectivity index (χ3n) is 2.60. The van der Waals surface area contributed by atoms with Gasteiger partial charge in [-0.3, -0.25) is 4.98 Å². The van der Waals surface area contributed by atoms with Crippen LogP contribution in [0, 0.1) is 3.57 Å². The molecule has 3 N–H and O–H groups in total. The Labute approximate surface area is 106 Å². The van der Waals surface area contributed by atoms with Crippen LogP contribution in [0.5, 0.6) is 0 Å². The summed E-state index contributed by atoms with van der Waals surface area (Å²) in [5.41, 5.74) is 0.703. The topological polar surface area (TPSA) is 82.8 Å². The first-order valence-corrected chi connectivity index (χ1v) is 5.94. The highest BCUT2D eigenvalue weighted by Crippen LogP contribution is 2.33. The minimum Gasteiger partial charge on any atom is -0.394 e. The fourth-order valence-corrected chi connectivity index (χ4v) is 2.28. The van der Waals surface area contributed by atoms with Crippen LogP contribution >= 0.6 is 22.6 Å². The first kappa shape index (κ1) is 12.2. The lowest BCUT2D eigenvalue weighted by Gasteiger charge is -2.14. The maximum absolute atomic E-state index is 9.79. The van der Waals surface area contributed by atoms with E-state index in [1.165, 1.54) is 0 Å². The molecular formula is C10H12INO4. The Bertz CT molecular complexity index is 376. The molecule has 0 radical (unpaired) electrons. The molecule has 0 bridgehead atoms. The van der Waals surface area contributed by atoms with Gasteiger partial charge in [-0.2, -0.15) is 0 Å². The van der Waals surface area contributed by atoms with E-state index < -0.39 is 24.4 Å². The molecule has 16 heavy (non-hydrogen) atoms. The average molecular weight is 337 g/mol. The fraction of sp³-hybridized carbons (Fsp3) is 0.500. The third-order valence-corrected chi connectivity index (χ3v) is 3.19. The van der Waals surface area contributed by atoms with Gasteiger partial charge in [-0.05, 0) is 28.7 Å². The normalized spacial score (nSPS) is 34.2. The predicted octanol–water partition coefficient (Wildman–Crippen LogP) is -0.160. The van der Waals surface area contributed by atoms with Crippen molar-refractivity contribution in [1.29, 1.82) is 0 Å². The molecule has 1 aromatic rings. The summed E-state index contributed by atoms with van der Waals surface area (Å²) >= 11 is 2.11. The molecule has 1 aliphatic rings. The SMILES string of the molecule is OC[C@H]1OC(c2cncc(I)c2)[C@H](O)[C@@H]1O. The van der Waals surface area contributed by atoms with Crippen molar-refractivity contribution in [2.45, 2.75) is 24.4 Å². The second-order valence-corrected chi connectivity index (χ2v) is 4.94. The molecule has 0 amide bonds. The van der Waals surface area contributed by atoms with Crippen LogP contribution in [-0.4, -0.2) is 45.2 Å². The number of hydrogen-bond donors (Lipinski definition) is 3. The van der Waals surface area contributed by atoms with Crippen molar-refractivity contribution < 1.29 is 20.1 Å². The second kappa shape index (κ2) is 4.92. The molecule has 2 heterocycles. The molecule has 0 aliphatic carbocycles. The van der Waals surface area contributed by atoms with Crippen LogP contribution in [0.3, 0.4) is 0 Å². The minimum atomic E-state index is -1.06. The van der Waals surface area contributed by atoms with Gasteiger partial charge in [0, 0.05) is 21.5 Å². The Hall–Kier alpha value is -0.280. The Morgan fingerprint density at radius 2 is 2.06 bits per heavy atom. The van der Waals surface area contributed by atoms with Gasteiger partial charge in [0.1, 0.15) is 24.4 Å². The molecule has 0 saturated carbocycles. The summed E-state index contributed by atoms with van der Waals surface area (Å²) in [4.78, 5) is 4.00. The molecule has 2 rings (SSSR count). The molecule has 1 unspecified atom stereocenters. The number of pyridine rings is 1. The molecule has 6 heteroatoms. The predicted molar refractivity (Wildman–Crippen MR) is 63.7 cm³/mol. The quantitative estimate of drug-likeness (QED) is 0.654. The van der Waals surface area contributed by atoms with Crippen LogP contribution in [0.2, 0.25) is 0 Å². The van der Waals surface area contributed by atoms with Crippen molar-refractivity contribution in [3.8, 4) is 0 Å². The van der Waals surface area contributed by atoms with Crippen molar-refractivity contribution in [1.82, 2.24) is 4.98 Å². The smallest absolute Gasteiger partial charge is 0.113 e. The molecule has 0 aromatic carbocycles. The van der Waals surface area contributed by atoms with E-state index in [9.17, 15) is 10.2 Å². The second-order valence-electron chi connectivity index (χ2n) is 3.70. The summed E-state index contributed by atoms with van der Waals surface area (Å²) in [5, 5.41) is 28.3. The lowest BCUT2D eigenvalue weighted by Crippen LogP contribution is -2.32. The van der Waals surface area contributed by atoms with E-state index in [4.69, 9.17) is 9.84 Å². The molecule has 1 aromatic heterocycles. The largest absolute Gasteiger partial charge is 0.394 e. The zero-order chi connectivity index (χ0) is 11.7. The Kier molecular flexibility index (Phi) is 3.75. The summed E-state index contributed by atoms with van der Waals surface area (Å²) in [6.45, 7) is -0.313. The summed E-state index contributed by atoms with van der Waals surface area (Å²) in [6, 6.07) is 1.83. The maximum Gasteiger partial charge on any atom is 0.113 e. The Morgan fingerprint density at radius 3 is 2.62 bits per heavy atom. The summed E-state index contributed by atoms with van der Waals surface area (Å²) in [6.07, 6.45) is -0.189. The number of aromatic nitrogens is 1. The molecule has 1 fully saturated rings. The van der Waals surface area contributed by atoms with E-state index in [-0.39, 0.29) is 6.61 Å². The molecule has 88 valence electrons. The first-order chi connectivity index (χ1) is 7.63. The third kappa shape index (κ3) is 2.21. The van der Waals surface area contributed by atoms with Crippen LogP contribution < -0.4 is 0 Å². The van der Waals surface area contributed by atoms with Gasteiger partial charge in [0.2, 0.25) is 0 Å². The highest BCUT2D eigenvalue weighted by Gasteiger charge is 2.43. The minimum absolute atomic E-state index is 0.313. The summed E-state index contributed by atoms with van der Waals surface area (Å²) in [5.74, 6) is 0. The average Bonchev–Trinajstić information content (AvgIpc) is 2.56. The summed E-state index contributed by atoms with van der Waals surface area (Å²) < 4.78 is 6.31. The molecule has 5 nitrogen and oxygen atoms in total. The molecule has 0 spiro atoms. The molecule has 4 atom stereocenters. The van der Waals surface area contributed by atoms with E-state index in [1.807, 2.05) is 6.07 Å². The standard InChI is InChI=1S/C10H12INO4/c11-6-1-5(2-12-3-6)10-9(15)8(14)7(4-13)16-10/h1-3,7-10,13-15H,4H2/t7-,8-,9-,10?/m1/s1. The number of nitrogens with zero attached hydrogens (tertiary/aromatic N) is 1. The fourth-order valence-electron chi connectivity index (χ4n) is 1.76.